The van der Waals surface area contributed by atoms with Gasteiger partial charge in [-0.3, -0.25) is 4.79 Å². The molecule has 7 nitrogen and oxygen atoms in total. The van der Waals surface area contributed by atoms with Crippen LogP contribution in [0, 0.1) is 6.92 Å². The largest absolute Gasteiger partial charge is 0.497 e. The van der Waals surface area contributed by atoms with Crippen LogP contribution in [-0.2, 0) is 11.2 Å². The van der Waals surface area contributed by atoms with Crippen molar-refractivity contribution in [3.8, 4) is 5.75 Å². The zero-order valence-electron chi connectivity index (χ0n) is 17.2. The maximum atomic E-state index is 12.7. The van der Waals surface area contributed by atoms with Crippen LogP contribution in [0.5, 0.6) is 5.75 Å². The molecule has 0 atom stereocenters. The number of hydrogen-bond donors (Lipinski definition) is 1. The van der Waals surface area contributed by atoms with Gasteiger partial charge in [0.25, 0.3) is 0 Å². The van der Waals surface area contributed by atoms with E-state index in [4.69, 9.17) is 4.74 Å². The molecule has 2 aromatic heterocycles. The van der Waals surface area contributed by atoms with Crippen LogP contribution in [0.1, 0.15) is 11.4 Å². The van der Waals surface area contributed by atoms with Crippen molar-refractivity contribution in [3.05, 3.63) is 59.2 Å². The Balaban J connectivity index is 1.29. The molecular formula is C22H25N5O2S. The number of nitrogens with zero attached hydrogens (tertiary/aromatic N) is 4. The van der Waals surface area contributed by atoms with Gasteiger partial charge in [0.15, 0.2) is 5.13 Å². The molecule has 156 valence electrons. The lowest BCUT2D eigenvalue weighted by Crippen LogP contribution is -2.49. The van der Waals surface area contributed by atoms with Crippen LogP contribution in [0.4, 0.5) is 16.6 Å². The number of hydrogen-bond acceptors (Lipinski definition) is 7. The molecule has 1 amide bonds. The van der Waals surface area contributed by atoms with Crippen LogP contribution in [0.25, 0.3) is 0 Å². The normalized spacial score (nSPS) is 13.9. The van der Waals surface area contributed by atoms with E-state index in [2.05, 4.69) is 32.3 Å². The Bertz CT molecular complexity index is 997. The fourth-order valence-corrected chi connectivity index (χ4v) is 4.16. The summed E-state index contributed by atoms with van der Waals surface area (Å²) in [5.74, 6) is 1.73. The molecule has 0 radical (unpaired) electrons. The molecule has 0 spiro atoms. The molecule has 0 saturated carbocycles. The number of carbonyl (C=O) groups excluding carboxylic acids is 1. The van der Waals surface area contributed by atoms with Crippen molar-refractivity contribution in [2.75, 3.05) is 43.5 Å². The SMILES string of the molecule is COc1ccc(N2CCN(C(=O)Cc3csc(Nc4cccc(C)n4)n3)CC2)cc1. The Morgan fingerprint density at radius 2 is 1.87 bits per heavy atom. The highest BCUT2D eigenvalue weighted by Gasteiger charge is 2.22. The summed E-state index contributed by atoms with van der Waals surface area (Å²) in [5.41, 5.74) is 2.89. The number of methoxy groups -OCH3 is 1. The minimum atomic E-state index is 0.120. The van der Waals surface area contributed by atoms with E-state index in [1.165, 1.54) is 11.3 Å². The van der Waals surface area contributed by atoms with Crippen LogP contribution in [0.15, 0.2) is 47.8 Å². The van der Waals surface area contributed by atoms with Gasteiger partial charge in [-0.25, -0.2) is 9.97 Å². The molecule has 3 aromatic rings. The highest BCUT2D eigenvalue weighted by molar-refractivity contribution is 7.13. The second kappa shape index (κ2) is 9.13. The van der Waals surface area contributed by atoms with Crippen LogP contribution in [0.2, 0.25) is 0 Å². The average Bonchev–Trinajstić information content (AvgIpc) is 3.20. The lowest BCUT2D eigenvalue weighted by molar-refractivity contribution is -0.130. The topological polar surface area (TPSA) is 70.6 Å². The molecule has 8 heteroatoms. The van der Waals surface area contributed by atoms with Crippen molar-refractivity contribution < 1.29 is 9.53 Å². The fourth-order valence-electron chi connectivity index (χ4n) is 3.44. The zero-order valence-corrected chi connectivity index (χ0v) is 18.0. The predicted octanol–water partition coefficient (Wildman–Crippen LogP) is 3.49. The third kappa shape index (κ3) is 4.88. The van der Waals surface area contributed by atoms with Gasteiger partial charge in [0.2, 0.25) is 5.91 Å². The van der Waals surface area contributed by atoms with E-state index in [-0.39, 0.29) is 5.91 Å². The number of ether oxygens (including phenoxy) is 1. The molecule has 1 aliphatic heterocycles. The van der Waals surface area contributed by atoms with Crippen molar-refractivity contribution in [1.82, 2.24) is 14.9 Å². The van der Waals surface area contributed by atoms with E-state index in [9.17, 15) is 4.79 Å². The lowest BCUT2D eigenvalue weighted by Gasteiger charge is -2.36. The van der Waals surface area contributed by atoms with Crippen LogP contribution >= 0.6 is 11.3 Å². The van der Waals surface area contributed by atoms with Gasteiger partial charge in [-0.15, -0.1) is 11.3 Å². The van der Waals surface area contributed by atoms with E-state index in [1.807, 2.05) is 47.5 Å². The number of thiazole rings is 1. The Morgan fingerprint density at radius 1 is 1.10 bits per heavy atom. The minimum Gasteiger partial charge on any atom is -0.497 e. The van der Waals surface area contributed by atoms with Gasteiger partial charge in [0.1, 0.15) is 11.6 Å². The number of piperazine rings is 1. The number of amides is 1. The number of nitrogens with one attached hydrogen (secondary N) is 1. The molecule has 1 fully saturated rings. The van der Waals surface area contributed by atoms with Crippen molar-refractivity contribution in [2.24, 2.45) is 0 Å². The number of aryl methyl sites for hydroxylation is 1. The first kappa shape index (κ1) is 20.2. The lowest BCUT2D eigenvalue weighted by atomic mass is 10.2. The Morgan fingerprint density at radius 3 is 2.57 bits per heavy atom. The van der Waals surface area contributed by atoms with Gasteiger partial charge in [0.05, 0.1) is 19.2 Å². The quantitative estimate of drug-likeness (QED) is 0.655. The highest BCUT2D eigenvalue weighted by Crippen LogP contribution is 2.22. The van der Waals surface area contributed by atoms with Crippen LogP contribution in [0.3, 0.4) is 0 Å². The first-order valence-corrected chi connectivity index (χ1v) is 10.8. The van der Waals surface area contributed by atoms with Gasteiger partial charge in [-0.1, -0.05) is 6.07 Å². The summed E-state index contributed by atoms with van der Waals surface area (Å²) in [4.78, 5) is 25.9. The molecule has 1 aromatic carbocycles. The summed E-state index contributed by atoms with van der Waals surface area (Å²) in [6.45, 7) is 5.02. The molecule has 1 N–H and O–H groups in total. The van der Waals surface area contributed by atoms with Crippen molar-refractivity contribution in [1.29, 1.82) is 0 Å². The highest BCUT2D eigenvalue weighted by atomic mass is 32.1. The number of benzene rings is 1. The third-order valence-electron chi connectivity index (χ3n) is 5.08. The zero-order chi connectivity index (χ0) is 20.9. The van der Waals surface area contributed by atoms with E-state index in [0.717, 1.165) is 46.9 Å². The van der Waals surface area contributed by atoms with Crippen molar-refractivity contribution in [2.45, 2.75) is 13.3 Å². The Kier molecular flexibility index (Phi) is 6.13. The molecule has 1 saturated heterocycles. The van der Waals surface area contributed by atoms with E-state index in [0.29, 0.717) is 19.5 Å². The molecule has 0 aliphatic carbocycles. The Labute approximate surface area is 180 Å². The molecular weight excluding hydrogens is 398 g/mol. The Hall–Kier alpha value is -3.13. The summed E-state index contributed by atoms with van der Waals surface area (Å²) in [7, 11) is 1.67. The van der Waals surface area contributed by atoms with Crippen LogP contribution in [-0.4, -0.2) is 54.1 Å². The number of rotatable bonds is 6. The monoisotopic (exact) mass is 423 g/mol. The summed E-state index contributed by atoms with van der Waals surface area (Å²) in [6.07, 6.45) is 0.321. The van der Waals surface area contributed by atoms with Gasteiger partial charge in [0, 0.05) is 42.9 Å². The third-order valence-corrected chi connectivity index (χ3v) is 5.88. The number of carbonyl (C=O) groups is 1. The van der Waals surface area contributed by atoms with Gasteiger partial charge >= 0.3 is 0 Å². The number of aromatic nitrogens is 2. The molecule has 3 heterocycles. The van der Waals surface area contributed by atoms with Gasteiger partial charge in [-0.2, -0.15) is 0 Å². The number of anilines is 3. The van der Waals surface area contributed by atoms with E-state index >= 15 is 0 Å². The summed E-state index contributed by atoms with van der Waals surface area (Å²) < 4.78 is 5.22. The smallest absolute Gasteiger partial charge is 0.228 e. The molecule has 4 rings (SSSR count). The molecule has 0 unspecified atom stereocenters. The minimum absolute atomic E-state index is 0.120. The molecule has 1 aliphatic rings. The number of pyridine rings is 1. The fraction of sp³-hybridized carbons (Fsp3) is 0.318. The standard InChI is InChI=1S/C22H25N5O2S/c1-16-4-3-5-20(23-16)25-22-24-17(15-30-22)14-21(28)27-12-10-26(11-13-27)18-6-8-19(29-2)9-7-18/h3-9,15H,10-14H2,1-2H3,(H,23,24,25). The predicted molar refractivity (Wildman–Crippen MR) is 120 cm³/mol. The first-order chi connectivity index (χ1) is 14.6. The molecule has 30 heavy (non-hydrogen) atoms. The first-order valence-electron chi connectivity index (χ1n) is 9.92. The average molecular weight is 424 g/mol. The van der Waals surface area contributed by atoms with Crippen molar-refractivity contribution >= 4 is 33.9 Å². The summed E-state index contributed by atoms with van der Waals surface area (Å²) >= 11 is 1.49. The molecule has 0 bridgehead atoms. The second-order valence-electron chi connectivity index (χ2n) is 7.18. The van der Waals surface area contributed by atoms with Crippen LogP contribution < -0.4 is 15.0 Å². The van der Waals surface area contributed by atoms with E-state index in [1.54, 1.807) is 7.11 Å². The summed E-state index contributed by atoms with van der Waals surface area (Å²) in [5, 5.41) is 5.89. The summed E-state index contributed by atoms with van der Waals surface area (Å²) in [6, 6.07) is 13.9. The second-order valence-corrected chi connectivity index (χ2v) is 8.03. The van der Waals surface area contributed by atoms with E-state index < -0.39 is 0 Å². The van der Waals surface area contributed by atoms with Gasteiger partial charge < -0.3 is 19.9 Å². The van der Waals surface area contributed by atoms with Crippen molar-refractivity contribution in [3.63, 3.8) is 0 Å². The maximum absolute atomic E-state index is 12.7. The maximum Gasteiger partial charge on any atom is 0.228 e. The van der Waals surface area contributed by atoms with Gasteiger partial charge in [-0.05, 0) is 43.3 Å².